The van der Waals surface area contributed by atoms with Crippen LogP contribution in [0.25, 0.3) is 0 Å². The lowest BCUT2D eigenvalue weighted by Gasteiger charge is -2.17. The quantitative estimate of drug-likeness (QED) is 0.877. The van der Waals surface area contributed by atoms with Gasteiger partial charge in [0, 0.05) is 5.92 Å². The second-order valence-electron chi connectivity index (χ2n) is 5.01. The van der Waals surface area contributed by atoms with Crippen LogP contribution in [0.3, 0.4) is 0 Å². The van der Waals surface area contributed by atoms with E-state index in [1.54, 1.807) is 0 Å². The molecule has 0 saturated carbocycles. The maximum Gasteiger partial charge on any atom is 0.243 e. The molecule has 1 aliphatic heterocycles. The van der Waals surface area contributed by atoms with Crippen LogP contribution in [-0.2, 0) is 0 Å². The smallest absolute Gasteiger partial charge is 0.243 e. The van der Waals surface area contributed by atoms with Gasteiger partial charge in [0.25, 0.3) is 0 Å². The van der Waals surface area contributed by atoms with E-state index in [9.17, 15) is 0 Å². The predicted octanol–water partition coefficient (Wildman–Crippen LogP) is 3.18. The lowest BCUT2D eigenvalue weighted by Crippen LogP contribution is -2.24. The molecule has 1 aromatic heterocycles. The molecular formula is C13H23N3O. The fourth-order valence-electron chi connectivity index (χ4n) is 2.19. The van der Waals surface area contributed by atoms with Crippen molar-refractivity contribution >= 4 is 0 Å². The lowest BCUT2D eigenvalue weighted by atomic mass is 10.0. The Hall–Kier alpha value is -0.900. The van der Waals surface area contributed by atoms with Crippen molar-refractivity contribution in [1.29, 1.82) is 0 Å². The van der Waals surface area contributed by atoms with Crippen molar-refractivity contribution in [3.63, 3.8) is 0 Å². The average Bonchev–Trinajstić information content (AvgIpc) is 2.77. The fraction of sp³-hybridized carbons (Fsp3) is 0.846. The molecule has 4 heteroatoms. The summed E-state index contributed by atoms with van der Waals surface area (Å²) in [5.74, 6) is 2.02. The first-order valence-corrected chi connectivity index (χ1v) is 6.88. The van der Waals surface area contributed by atoms with Crippen molar-refractivity contribution in [3.05, 3.63) is 11.7 Å². The van der Waals surface area contributed by atoms with Gasteiger partial charge in [-0.25, -0.2) is 0 Å². The maximum absolute atomic E-state index is 5.40. The van der Waals surface area contributed by atoms with E-state index in [-0.39, 0.29) is 6.04 Å². The molecule has 2 heterocycles. The molecule has 0 radical (unpaired) electrons. The van der Waals surface area contributed by atoms with Crippen molar-refractivity contribution in [2.75, 3.05) is 6.54 Å². The third-order valence-electron chi connectivity index (χ3n) is 3.62. The van der Waals surface area contributed by atoms with Crippen LogP contribution in [-0.4, -0.2) is 16.7 Å². The van der Waals surface area contributed by atoms with Crippen molar-refractivity contribution in [3.8, 4) is 0 Å². The maximum atomic E-state index is 5.40. The van der Waals surface area contributed by atoms with Gasteiger partial charge in [0.1, 0.15) is 0 Å². The summed E-state index contributed by atoms with van der Waals surface area (Å²) in [5, 5.41) is 7.60. The van der Waals surface area contributed by atoms with Crippen molar-refractivity contribution < 1.29 is 4.52 Å². The summed E-state index contributed by atoms with van der Waals surface area (Å²) in [6.07, 6.45) is 7.33. The molecule has 2 rings (SSSR count). The molecule has 1 fully saturated rings. The normalized spacial score (nSPS) is 24.0. The van der Waals surface area contributed by atoms with Crippen LogP contribution < -0.4 is 5.32 Å². The number of nitrogens with zero attached hydrogens (tertiary/aromatic N) is 2. The van der Waals surface area contributed by atoms with Crippen LogP contribution >= 0.6 is 0 Å². The molecule has 1 aliphatic rings. The molecule has 17 heavy (non-hydrogen) atoms. The van der Waals surface area contributed by atoms with Gasteiger partial charge >= 0.3 is 0 Å². The highest BCUT2D eigenvalue weighted by molar-refractivity contribution is 4.97. The molecule has 0 bridgehead atoms. The van der Waals surface area contributed by atoms with E-state index in [0.717, 1.165) is 31.1 Å². The Morgan fingerprint density at radius 1 is 1.35 bits per heavy atom. The molecule has 2 unspecified atom stereocenters. The van der Waals surface area contributed by atoms with Gasteiger partial charge in [0.2, 0.25) is 5.89 Å². The number of hydrogen-bond acceptors (Lipinski definition) is 4. The molecule has 96 valence electrons. The lowest BCUT2D eigenvalue weighted by molar-refractivity contribution is 0.304. The van der Waals surface area contributed by atoms with Gasteiger partial charge in [-0.3, -0.25) is 0 Å². The summed E-state index contributed by atoms with van der Waals surface area (Å²) in [6, 6.07) is 0.264. The van der Waals surface area contributed by atoms with Crippen LogP contribution in [0.15, 0.2) is 4.52 Å². The first-order valence-electron chi connectivity index (χ1n) is 6.88. The summed E-state index contributed by atoms with van der Waals surface area (Å²) in [7, 11) is 0. The predicted molar refractivity (Wildman–Crippen MR) is 66.8 cm³/mol. The van der Waals surface area contributed by atoms with Gasteiger partial charge in [-0.05, 0) is 25.8 Å². The van der Waals surface area contributed by atoms with E-state index in [0.29, 0.717) is 5.92 Å². The van der Waals surface area contributed by atoms with Gasteiger partial charge in [-0.15, -0.1) is 0 Å². The Labute approximate surface area is 103 Å². The second kappa shape index (κ2) is 6.15. The zero-order valence-corrected chi connectivity index (χ0v) is 10.9. The highest BCUT2D eigenvalue weighted by Gasteiger charge is 2.20. The van der Waals surface area contributed by atoms with Crippen molar-refractivity contribution in [1.82, 2.24) is 15.5 Å². The average molecular weight is 237 g/mol. The van der Waals surface area contributed by atoms with Crippen LogP contribution in [0.1, 0.15) is 76.0 Å². The Balaban J connectivity index is 2.01. The molecule has 0 spiro atoms. The third kappa shape index (κ3) is 3.28. The summed E-state index contributed by atoms with van der Waals surface area (Å²) < 4.78 is 5.40. The molecule has 1 aromatic rings. The van der Waals surface area contributed by atoms with Gasteiger partial charge in [0.05, 0.1) is 6.04 Å². The molecule has 4 nitrogen and oxygen atoms in total. The Morgan fingerprint density at radius 2 is 2.18 bits per heavy atom. The molecule has 0 aliphatic carbocycles. The van der Waals surface area contributed by atoms with E-state index >= 15 is 0 Å². The van der Waals surface area contributed by atoms with Gasteiger partial charge in [-0.2, -0.15) is 4.98 Å². The second-order valence-corrected chi connectivity index (χ2v) is 5.01. The number of aromatic nitrogens is 2. The van der Waals surface area contributed by atoms with Crippen molar-refractivity contribution in [2.45, 2.75) is 64.3 Å². The van der Waals surface area contributed by atoms with Gasteiger partial charge in [0.15, 0.2) is 5.82 Å². The molecule has 1 saturated heterocycles. The molecular weight excluding hydrogens is 214 g/mol. The van der Waals surface area contributed by atoms with Crippen LogP contribution in [0.2, 0.25) is 0 Å². The largest absolute Gasteiger partial charge is 0.338 e. The van der Waals surface area contributed by atoms with Crippen molar-refractivity contribution in [2.24, 2.45) is 0 Å². The first-order chi connectivity index (χ1) is 8.31. The summed E-state index contributed by atoms with van der Waals surface area (Å²) in [4.78, 5) is 4.54. The Bertz CT molecular complexity index is 329. The molecule has 0 aromatic carbocycles. The Morgan fingerprint density at radius 3 is 3.00 bits per heavy atom. The van der Waals surface area contributed by atoms with E-state index in [2.05, 4.69) is 29.3 Å². The number of hydrogen-bond donors (Lipinski definition) is 1. The highest BCUT2D eigenvalue weighted by atomic mass is 16.5. The minimum atomic E-state index is 0.264. The third-order valence-corrected chi connectivity index (χ3v) is 3.62. The van der Waals surface area contributed by atoms with Crippen LogP contribution in [0.5, 0.6) is 0 Å². The fourth-order valence-corrected chi connectivity index (χ4v) is 2.19. The van der Waals surface area contributed by atoms with Crippen LogP contribution in [0, 0.1) is 0 Å². The SMILES string of the molecule is CCC(C)c1noc(C2CCCCCCN2)n1. The summed E-state index contributed by atoms with van der Waals surface area (Å²) >= 11 is 0. The minimum absolute atomic E-state index is 0.264. The zero-order chi connectivity index (χ0) is 12.1. The van der Waals surface area contributed by atoms with E-state index in [1.807, 2.05) is 0 Å². The highest BCUT2D eigenvalue weighted by Crippen LogP contribution is 2.23. The first kappa shape index (κ1) is 12.6. The Kier molecular flexibility index (Phi) is 4.54. The van der Waals surface area contributed by atoms with Crippen LogP contribution in [0.4, 0.5) is 0 Å². The molecule has 1 N–H and O–H groups in total. The van der Waals surface area contributed by atoms with Gasteiger partial charge in [-0.1, -0.05) is 38.3 Å². The summed E-state index contributed by atoms with van der Waals surface area (Å²) in [6.45, 7) is 5.35. The zero-order valence-electron chi connectivity index (χ0n) is 10.9. The molecule has 2 atom stereocenters. The summed E-state index contributed by atoms with van der Waals surface area (Å²) in [5.41, 5.74) is 0. The monoisotopic (exact) mass is 237 g/mol. The number of rotatable bonds is 3. The minimum Gasteiger partial charge on any atom is -0.338 e. The van der Waals surface area contributed by atoms with E-state index < -0.39 is 0 Å². The van der Waals surface area contributed by atoms with E-state index in [4.69, 9.17) is 4.52 Å². The van der Waals surface area contributed by atoms with E-state index in [1.165, 1.54) is 25.7 Å². The standard InChI is InChI=1S/C13H23N3O/c1-3-10(2)12-15-13(17-16-12)11-8-6-4-5-7-9-14-11/h10-11,14H,3-9H2,1-2H3. The number of nitrogens with one attached hydrogen (secondary N) is 1. The topological polar surface area (TPSA) is 51.0 Å². The molecule has 0 amide bonds. The van der Waals surface area contributed by atoms with Gasteiger partial charge < -0.3 is 9.84 Å².